The summed E-state index contributed by atoms with van der Waals surface area (Å²) in [5.41, 5.74) is 0.639. The third-order valence-corrected chi connectivity index (χ3v) is 4.96. The van der Waals surface area contributed by atoms with Crippen molar-refractivity contribution in [2.24, 2.45) is 0 Å². The predicted octanol–water partition coefficient (Wildman–Crippen LogP) is 2.69. The smallest absolute Gasteiger partial charge is 0.348 e. The van der Waals surface area contributed by atoms with E-state index in [2.05, 4.69) is 17.1 Å². The Labute approximate surface area is 152 Å². The Morgan fingerprint density at radius 3 is 2.32 bits per heavy atom. The van der Waals surface area contributed by atoms with Gasteiger partial charge in [0.05, 0.1) is 19.8 Å². The highest BCUT2D eigenvalue weighted by atomic mass is 32.1. The molecule has 0 aliphatic rings. The second-order valence-corrected chi connectivity index (χ2v) is 6.72. The number of methoxy groups -OCH3 is 2. The molecular formula is C17H26N2O5S. The molecule has 1 aromatic heterocycles. The lowest BCUT2D eigenvalue weighted by Gasteiger charge is -2.15. The molecule has 0 atom stereocenters. The van der Waals surface area contributed by atoms with Crippen LogP contribution in [0.2, 0.25) is 0 Å². The van der Waals surface area contributed by atoms with Crippen LogP contribution in [-0.2, 0) is 14.3 Å². The Bertz CT molecular complexity index is 627. The van der Waals surface area contributed by atoms with Crippen molar-refractivity contribution in [1.29, 1.82) is 0 Å². The van der Waals surface area contributed by atoms with Crippen molar-refractivity contribution in [2.45, 2.75) is 33.1 Å². The zero-order valence-corrected chi connectivity index (χ0v) is 16.2. The predicted molar refractivity (Wildman–Crippen MR) is 97.4 cm³/mol. The van der Waals surface area contributed by atoms with Crippen molar-refractivity contribution >= 4 is 34.2 Å². The standard InChI is InChI=1S/C17H26N2O5S/c1-6-7-9-19(3)10-8-12(20)18-15-13(16(21)23-4)11(2)14(25-15)17(22)24-5/h6-10H2,1-5H3,(H,18,20). The number of carbonyl (C=O) groups excluding carboxylic acids is 3. The van der Waals surface area contributed by atoms with E-state index in [9.17, 15) is 14.4 Å². The monoisotopic (exact) mass is 370 g/mol. The first-order chi connectivity index (χ1) is 11.8. The number of rotatable bonds is 9. The third kappa shape index (κ3) is 5.82. The third-order valence-electron chi connectivity index (χ3n) is 3.77. The number of carbonyl (C=O) groups is 3. The van der Waals surface area contributed by atoms with Crippen molar-refractivity contribution in [3.63, 3.8) is 0 Å². The molecule has 1 amide bonds. The van der Waals surface area contributed by atoms with Gasteiger partial charge in [-0.05, 0) is 32.5 Å². The number of hydrogen-bond donors (Lipinski definition) is 1. The van der Waals surface area contributed by atoms with E-state index in [-0.39, 0.29) is 16.3 Å². The fourth-order valence-electron chi connectivity index (χ4n) is 2.26. The Morgan fingerprint density at radius 2 is 1.76 bits per heavy atom. The van der Waals surface area contributed by atoms with Crippen molar-refractivity contribution in [2.75, 3.05) is 39.7 Å². The molecule has 0 saturated heterocycles. The number of ether oxygens (including phenoxy) is 2. The molecule has 0 aromatic carbocycles. The van der Waals surface area contributed by atoms with E-state index >= 15 is 0 Å². The summed E-state index contributed by atoms with van der Waals surface area (Å²) < 4.78 is 9.48. The van der Waals surface area contributed by atoms with Crippen LogP contribution >= 0.6 is 11.3 Å². The van der Waals surface area contributed by atoms with Crippen LogP contribution in [0.4, 0.5) is 5.00 Å². The first kappa shape index (κ1) is 21.1. The molecule has 1 rings (SSSR count). The highest BCUT2D eigenvalue weighted by molar-refractivity contribution is 7.18. The lowest BCUT2D eigenvalue weighted by Crippen LogP contribution is -2.25. The van der Waals surface area contributed by atoms with Crippen molar-refractivity contribution in [1.82, 2.24) is 4.90 Å². The average molecular weight is 370 g/mol. The summed E-state index contributed by atoms with van der Waals surface area (Å²) in [6.45, 7) is 5.30. The van der Waals surface area contributed by atoms with Crippen molar-refractivity contribution < 1.29 is 23.9 Å². The first-order valence-corrected chi connectivity index (χ1v) is 8.95. The minimum Gasteiger partial charge on any atom is -0.465 e. The van der Waals surface area contributed by atoms with Gasteiger partial charge >= 0.3 is 11.9 Å². The molecule has 0 unspecified atom stereocenters. The van der Waals surface area contributed by atoms with E-state index in [4.69, 9.17) is 9.47 Å². The number of nitrogens with one attached hydrogen (secondary N) is 1. The van der Waals surface area contributed by atoms with Gasteiger partial charge in [0, 0.05) is 13.0 Å². The Kier molecular flexibility index (Phi) is 8.57. The molecule has 140 valence electrons. The Morgan fingerprint density at radius 1 is 1.12 bits per heavy atom. The lowest BCUT2D eigenvalue weighted by molar-refractivity contribution is -0.116. The molecule has 0 aliphatic carbocycles. The van der Waals surface area contributed by atoms with Gasteiger partial charge in [-0.25, -0.2) is 9.59 Å². The normalized spacial score (nSPS) is 10.6. The van der Waals surface area contributed by atoms with Gasteiger partial charge in [0.15, 0.2) is 0 Å². The van der Waals surface area contributed by atoms with Crippen LogP contribution in [0.25, 0.3) is 0 Å². The van der Waals surface area contributed by atoms with Crippen LogP contribution in [0.15, 0.2) is 0 Å². The molecule has 7 nitrogen and oxygen atoms in total. The van der Waals surface area contributed by atoms with E-state index in [1.165, 1.54) is 14.2 Å². The summed E-state index contributed by atoms with van der Waals surface area (Å²) in [5, 5.41) is 3.03. The number of amides is 1. The zero-order valence-electron chi connectivity index (χ0n) is 15.4. The maximum atomic E-state index is 12.2. The topological polar surface area (TPSA) is 84.9 Å². The molecular weight excluding hydrogens is 344 g/mol. The molecule has 1 N–H and O–H groups in total. The Hall–Kier alpha value is -1.93. The minimum absolute atomic E-state index is 0.195. The fourth-order valence-corrected chi connectivity index (χ4v) is 3.39. The molecule has 1 aromatic rings. The number of hydrogen-bond acceptors (Lipinski definition) is 7. The molecule has 1 heterocycles. The van der Waals surface area contributed by atoms with Crippen LogP contribution in [0.3, 0.4) is 0 Å². The Balaban J connectivity index is 2.87. The number of unbranched alkanes of at least 4 members (excludes halogenated alkanes) is 1. The number of anilines is 1. The molecule has 0 aliphatic heterocycles. The van der Waals surface area contributed by atoms with Crippen LogP contribution in [-0.4, -0.2) is 57.1 Å². The van der Waals surface area contributed by atoms with Gasteiger partial charge in [-0.1, -0.05) is 13.3 Å². The molecule has 0 bridgehead atoms. The molecule has 0 spiro atoms. The van der Waals surface area contributed by atoms with Gasteiger partial charge in [0.25, 0.3) is 0 Å². The van der Waals surface area contributed by atoms with Crippen molar-refractivity contribution in [3.8, 4) is 0 Å². The zero-order chi connectivity index (χ0) is 19.0. The van der Waals surface area contributed by atoms with Gasteiger partial charge < -0.3 is 19.7 Å². The summed E-state index contributed by atoms with van der Waals surface area (Å²) in [4.78, 5) is 38.4. The lowest BCUT2D eigenvalue weighted by atomic mass is 10.1. The van der Waals surface area contributed by atoms with Gasteiger partial charge in [-0.15, -0.1) is 11.3 Å². The highest BCUT2D eigenvalue weighted by Crippen LogP contribution is 2.34. The molecule has 0 fully saturated rings. The fraction of sp³-hybridized carbons (Fsp3) is 0.588. The number of esters is 2. The van der Waals surface area contributed by atoms with E-state index < -0.39 is 11.9 Å². The van der Waals surface area contributed by atoms with Gasteiger partial charge in [0.2, 0.25) is 5.91 Å². The van der Waals surface area contributed by atoms with Crippen LogP contribution in [0.1, 0.15) is 51.8 Å². The summed E-state index contributed by atoms with van der Waals surface area (Å²) in [5.74, 6) is -1.36. The molecule has 0 saturated carbocycles. The summed E-state index contributed by atoms with van der Waals surface area (Å²) >= 11 is 1.02. The van der Waals surface area contributed by atoms with E-state index in [1.807, 2.05) is 7.05 Å². The quantitative estimate of drug-likeness (QED) is 0.673. The van der Waals surface area contributed by atoms with Crippen LogP contribution in [0.5, 0.6) is 0 Å². The number of thiophene rings is 1. The SMILES string of the molecule is CCCCN(C)CCC(=O)Nc1sc(C(=O)OC)c(C)c1C(=O)OC. The number of nitrogens with zero attached hydrogens (tertiary/aromatic N) is 1. The summed E-state index contributed by atoms with van der Waals surface area (Å²) in [6.07, 6.45) is 2.48. The summed E-state index contributed by atoms with van der Waals surface area (Å²) in [7, 11) is 4.49. The molecule has 25 heavy (non-hydrogen) atoms. The second kappa shape index (κ2) is 10.1. The minimum atomic E-state index is -0.598. The maximum absolute atomic E-state index is 12.2. The van der Waals surface area contributed by atoms with Gasteiger partial charge in [-0.3, -0.25) is 4.79 Å². The van der Waals surface area contributed by atoms with E-state index in [0.717, 1.165) is 30.7 Å². The molecule has 8 heteroatoms. The van der Waals surface area contributed by atoms with E-state index in [1.54, 1.807) is 6.92 Å². The average Bonchev–Trinajstić information content (AvgIpc) is 2.92. The van der Waals surface area contributed by atoms with Crippen molar-refractivity contribution in [3.05, 3.63) is 16.0 Å². The van der Waals surface area contributed by atoms with Crippen LogP contribution in [0, 0.1) is 6.92 Å². The van der Waals surface area contributed by atoms with Crippen LogP contribution < -0.4 is 5.32 Å². The van der Waals surface area contributed by atoms with Gasteiger partial charge in [0.1, 0.15) is 9.88 Å². The second-order valence-electron chi connectivity index (χ2n) is 5.70. The maximum Gasteiger partial charge on any atom is 0.348 e. The largest absolute Gasteiger partial charge is 0.465 e. The summed E-state index contributed by atoms with van der Waals surface area (Å²) in [6, 6.07) is 0. The van der Waals surface area contributed by atoms with Gasteiger partial charge in [-0.2, -0.15) is 0 Å². The highest BCUT2D eigenvalue weighted by Gasteiger charge is 2.26. The molecule has 0 radical (unpaired) electrons. The first-order valence-electron chi connectivity index (χ1n) is 8.14. The van der Waals surface area contributed by atoms with E-state index in [0.29, 0.717) is 23.5 Å².